The zero-order chi connectivity index (χ0) is 14.5. The van der Waals surface area contributed by atoms with Gasteiger partial charge in [-0.2, -0.15) is 0 Å². The first-order valence-corrected chi connectivity index (χ1v) is 6.48. The number of benzene rings is 2. The molecule has 0 heterocycles. The van der Waals surface area contributed by atoms with E-state index in [9.17, 15) is 4.79 Å². The Hall–Kier alpha value is -2.49. The Morgan fingerprint density at radius 2 is 1.80 bits per heavy atom. The Morgan fingerprint density at radius 1 is 1.15 bits per heavy atom. The second kappa shape index (κ2) is 6.10. The topological polar surface area (TPSA) is 58.4 Å². The molecule has 0 saturated heterocycles. The van der Waals surface area contributed by atoms with Crippen molar-refractivity contribution in [2.24, 2.45) is 0 Å². The lowest BCUT2D eigenvalue weighted by molar-refractivity contribution is -0.114. The van der Waals surface area contributed by atoms with Gasteiger partial charge in [0.05, 0.1) is 17.9 Å². The standard InChI is InChI=1S/C16H19N3O/c1-12-7-9-13(10-8-12)18-16(20)11-19(2)15-6-4-3-5-14(15)17/h3-10H,11,17H2,1-2H3,(H,18,20). The number of carbonyl (C=O) groups excluding carboxylic acids is 1. The molecule has 0 aliphatic rings. The number of nitrogens with zero attached hydrogens (tertiary/aromatic N) is 1. The fraction of sp³-hybridized carbons (Fsp3) is 0.188. The van der Waals surface area contributed by atoms with Gasteiger partial charge in [0, 0.05) is 12.7 Å². The van der Waals surface area contributed by atoms with Gasteiger partial charge in [0.15, 0.2) is 0 Å². The monoisotopic (exact) mass is 269 g/mol. The Balaban J connectivity index is 1.98. The van der Waals surface area contributed by atoms with E-state index < -0.39 is 0 Å². The van der Waals surface area contributed by atoms with Crippen LogP contribution in [0.15, 0.2) is 48.5 Å². The van der Waals surface area contributed by atoms with E-state index in [4.69, 9.17) is 5.73 Å². The van der Waals surface area contributed by atoms with Crippen molar-refractivity contribution in [1.82, 2.24) is 0 Å². The molecule has 0 aliphatic carbocycles. The van der Waals surface area contributed by atoms with Crippen LogP contribution in [-0.4, -0.2) is 19.5 Å². The molecule has 4 heteroatoms. The predicted octanol–water partition coefficient (Wildman–Crippen LogP) is 2.65. The summed E-state index contributed by atoms with van der Waals surface area (Å²) in [7, 11) is 1.85. The van der Waals surface area contributed by atoms with Gasteiger partial charge in [0.25, 0.3) is 0 Å². The quantitative estimate of drug-likeness (QED) is 0.839. The van der Waals surface area contributed by atoms with Gasteiger partial charge in [-0.15, -0.1) is 0 Å². The highest BCUT2D eigenvalue weighted by Crippen LogP contribution is 2.20. The van der Waals surface area contributed by atoms with E-state index in [0.717, 1.165) is 16.9 Å². The van der Waals surface area contributed by atoms with Gasteiger partial charge >= 0.3 is 0 Å². The molecule has 0 spiro atoms. The number of nitrogens with two attached hydrogens (primary N) is 1. The molecule has 0 saturated carbocycles. The smallest absolute Gasteiger partial charge is 0.243 e. The summed E-state index contributed by atoms with van der Waals surface area (Å²) in [6.45, 7) is 2.26. The number of anilines is 3. The highest BCUT2D eigenvalue weighted by molar-refractivity contribution is 5.94. The molecular weight excluding hydrogens is 250 g/mol. The number of aryl methyl sites for hydroxylation is 1. The van der Waals surface area contributed by atoms with Crippen LogP contribution in [-0.2, 0) is 4.79 Å². The number of para-hydroxylation sites is 2. The molecule has 0 unspecified atom stereocenters. The largest absolute Gasteiger partial charge is 0.397 e. The van der Waals surface area contributed by atoms with Crippen LogP contribution in [0.3, 0.4) is 0 Å². The van der Waals surface area contributed by atoms with Crippen molar-refractivity contribution in [1.29, 1.82) is 0 Å². The molecule has 0 bridgehead atoms. The molecule has 20 heavy (non-hydrogen) atoms. The maximum atomic E-state index is 12.0. The number of hydrogen-bond donors (Lipinski definition) is 2. The van der Waals surface area contributed by atoms with Gasteiger partial charge in [0.1, 0.15) is 0 Å². The number of likely N-dealkylation sites (N-methyl/N-ethyl adjacent to an activating group) is 1. The van der Waals surface area contributed by atoms with Crippen molar-refractivity contribution in [3.63, 3.8) is 0 Å². The number of amides is 1. The summed E-state index contributed by atoms with van der Waals surface area (Å²) < 4.78 is 0. The highest BCUT2D eigenvalue weighted by Gasteiger charge is 2.09. The second-order valence-electron chi connectivity index (χ2n) is 4.83. The minimum absolute atomic E-state index is 0.0698. The van der Waals surface area contributed by atoms with Gasteiger partial charge < -0.3 is 16.0 Å². The molecule has 2 rings (SSSR count). The van der Waals surface area contributed by atoms with Gasteiger partial charge in [-0.25, -0.2) is 0 Å². The van der Waals surface area contributed by atoms with Crippen molar-refractivity contribution in [3.8, 4) is 0 Å². The molecule has 104 valence electrons. The minimum atomic E-state index is -0.0698. The highest BCUT2D eigenvalue weighted by atomic mass is 16.2. The molecule has 2 aromatic carbocycles. The van der Waals surface area contributed by atoms with E-state index in [1.54, 1.807) is 0 Å². The summed E-state index contributed by atoms with van der Waals surface area (Å²) in [4.78, 5) is 13.8. The zero-order valence-electron chi connectivity index (χ0n) is 11.8. The van der Waals surface area contributed by atoms with Crippen molar-refractivity contribution in [3.05, 3.63) is 54.1 Å². The minimum Gasteiger partial charge on any atom is -0.397 e. The first-order chi connectivity index (χ1) is 9.56. The van der Waals surface area contributed by atoms with Crippen LogP contribution in [0.4, 0.5) is 17.1 Å². The van der Waals surface area contributed by atoms with E-state index in [-0.39, 0.29) is 12.5 Å². The van der Waals surface area contributed by atoms with Gasteiger partial charge in [0.2, 0.25) is 5.91 Å². The summed E-state index contributed by atoms with van der Waals surface area (Å²) in [6, 6.07) is 15.2. The van der Waals surface area contributed by atoms with Crippen LogP contribution in [0.25, 0.3) is 0 Å². The van der Waals surface area contributed by atoms with E-state index in [0.29, 0.717) is 5.69 Å². The molecule has 3 N–H and O–H groups in total. The Bertz CT molecular complexity index is 593. The van der Waals surface area contributed by atoms with Crippen LogP contribution in [0.5, 0.6) is 0 Å². The Labute approximate surface area is 119 Å². The van der Waals surface area contributed by atoms with Crippen LogP contribution in [0.2, 0.25) is 0 Å². The van der Waals surface area contributed by atoms with E-state index in [1.807, 2.05) is 67.4 Å². The number of hydrogen-bond acceptors (Lipinski definition) is 3. The van der Waals surface area contributed by atoms with Gasteiger partial charge in [-0.05, 0) is 31.2 Å². The molecule has 1 amide bonds. The van der Waals surface area contributed by atoms with Crippen molar-refractivity contribution in [2.45, 2.75) is 6.92 Å². The van der Waals surface area contributed by atoms with Crippen molar-refractivity contribution in [2.75, 3.05) is 29.5 Å². The first-order valence-electron chi connectivity index (χ1n) is 6.48. The third kappa shape index (κ3) is 3.51. The molecule has 0 fully saturated rings. The second-order valence-corrected chi connectivity index (χ2v) is 4.83. The Kier molecular flexibility index (Phi) is 4.25. The number of rotatable bonds is 4. The van der Waals surface area contributed by atoms with Crippen LogP contribution >= 0.6 is 0 Å². The van der Waals surface area contributed by atoms with Crippen molar-refractivity contribution < 1.29 is 4.79 Å². The predicted molar refractivity (Wildman–Crippen MR) is 83.9 cm³/mol. The van der Waals surface area contributed by atoms with Gasteiger partial charge in [-0.1, -0.05) is 29.8 Å². The summed E-state index contributed by atoms with van der Waals surface area (Å²) in [5, 5.41) is 2.87. The third-order valence-electron chi connectivity index (χ3n) is 3.06. The lowest BCUT2D eigenvalue weighted by Gasteiger charge is -2.20. The maximum absolute atomic E-state index is 12.0. The molecule has 0 atom stereocenters. The van der Waals surface area contributed by atoms with E-state index >= 15 is 0 Å². The number of carbonyl (C=O) groups is 1. The first kappa shape index (κ1) is 13.9. The van der Waals surface area contributed by atoms with Gasteiger partial charge in [-0.3, -0.25) is 4.79 Å². The molecule has 0 aliphatic heterocycles. The summed E-state index contributed by atoms with van der Waals surface area (Å²) >= 11 is 0. The van der Waals surface area contributed by atoms with Crippen LogP contribution in [0, 0.1) is 6.92 Å². The van der Waals surface area contributed by atoms with E-state index in [1.165, 1.54) is 0 Å². The van der Waals surface area contributed by atoms with Crippen LogP contribution in [0.1, 0.15) is 5.56 Å². The molecule has 4 nitrogen and oxygen atoms in total. The lowest BCUT2D eigenvalue weighted by Crippen LogP contribution is -2.30. The normalized spacial score (nSPS) is 10.1. The molecular formula is C16H19N3O. The summed E-state index contributed by atoms with van der Waals surface area (Å²) in [6.07, 6.45) is 0. The number of nitrogen functional groups attached to an aromatic ring is 1. The molecule has 0 radical (unpaired) electrons. The maximum Gasteiger partial charge on any atom is 0.243 e. The average Bonchev–Trinajstić information content (AvgIpc) is 2.41. The van der Waals surface area contributed by atoms with Crippen LogP contribution < -0.4 is 16.0 Å². The summed E-state index contributed by atoms with van der Waals surface area (Å²) in [5.74, 6) is -0.0698. The fourth-order valence-electron chi connectivity index (χ4n) is 1.97. The third-order valence-corrected chi connectivity index (χ3v) is 3.06. The SMILES string of the molecule is Cc1ccc(NC(=O)CN(C)c2ccccc2N)cc1. The summed E-state index contributed by atoms with van der Waals surface area (Å²) in [5.41, 5.74) is 9.38. The Morgan fingerprint density at radius 3 is 2.45 bits per heavy atom. The fourth-order valence-corrected chi connectivity index (χ4v) is 1.97. The molecule has 0 aromatic heterocycles. The van der Waals surface area contributed by atoms with Crippen molar-refractivity contribution >= 4 is 23.0 Å². The van der Waals surface area contributed by atoms with E-state index in [2.05, 4.69) is 5.32 Å². The number of nitrogens with one attached hydrogen (secondary N) is 1. The lowest BCUT2D eigenvalue weighted by atomic mass is 10.2. The zero-order valence-corrected chi connectivity index (χ0v) is 11.8. The molecule has 2 aromatic rings. The average molecular weight is 269 g/mol.